The van der Waals surface area contributed by atoms with Crippen molar-refractivity contribution < 1.29 is 4.42 Å². The predicted molar refractivity (Wildman–Crippen MR) is 82.6 cm³/mol. The first-order valence-corrected chi connectivity index (χ1v) is 7.62. The molecule has 0 amide bonds. The number of aryl methyl sites for hydroxylation is 1. The molecule has 0 bridgehead atoms. The van der Waals surface area contributed by atoms with Gasteiger partial charge in [0.15, 0.2) is 0 Å². The van der Waals surface area contributed by atoms with E-state index in [2.05, 4.69) is 30.9 Å². The van der Waals surface area contributed by atoms with Crippen LogP contribution >= 0.6 is 0 Å². The number of piperidine rings is 1. The van der Waals surface area contributed by atoms with E-state index >= 15 is 0 Å². The molecular weight excluding hydrogens is 248 g/mol. The number of furan rings is 1. The van der Waals surface area contributed by atoms with Gasteiger partial charge in [0.25, 0.3) is 0 Å². The van der Waals surface area contributed by atoms with Crippen LogP contribution in [-0.2, 0) is 6.54 Å². The summed E-state index contributed by atoms with van der Waals surface area (Å²) < 4.78 is 5.88. The van der Waals surface area contributed by atoms with E-state index in [9.17, 15) is 0 Å². The maximum Gasteiger partial charge on any atom is 0.134 e. The summed E-state index contributed by atoms with van der Waals surface area (Å²) in [5, 5.41) is 1.25. The third-order valence-electron chi connectivity index (χ3n) is 4.73. The first-order valence-electron chi connectivity index (χ1n) is 7.62. The molecule has 2 heterocycles. The normalized spacial score (nSPS) is 24.4. The third-order valence-corrected chi connectivity index (χ3v) is 4.73. The van der Waals surface area contributed by atoms with E-state index in [-0.39, 0.29) is 0 Å². The Balaban J connectivity index is 1.90. The van der Waals surface area contributed by atoms with E-state index in [0.29, 0.717) is 12.0 Å². The maximum absolute atomic E-state index is 6.00. The number of benzene rings is 1. The van der Waals surface area contributed by atoms with Crippen LogP contribution in [0.2, 0.25) is 0 Å². The minimum atomic E-state index is 0.497. The second kappa shape index (κ2) is 5.58. The third kappa shape index (κ3) is 2.36. The van der Waals surface area contributed by atoms with E-state index in [1.165, 1.54) is 23.8 Å². The number of nitrogens with zero attached hydrogens (tertiary/aromatic N) is 1. The van der Waals surface area contributed by atoms with Crippen molar-refractivity contribution in [3.63, 3.8) is 0 Å². The largest absolute Gasteiger partial charge is 0.461 e. The zero-order valence-corrected chi connectivity index (χ0v) is 12.4. The Bertz CT molecular complexity index is 590. The summed E-state index contributed by atoms with van der Waals surface area (Å²) in [6.07, 6.45) is 2.57. The summed E-state index contributed by atoms with van der Waals surface area (Å²) in [6.45, 7) is 7.24. The lowest BCUT2D eigenvalue weighted by molar-refractivity contribution is 0.0989. The fourth-order valence-electron chi connectivity index (χ4n) is 3.53. The Morgan fingerprint density at radius 1 is 1.35 bits per heavy atom. The zero-order valence-electron chi connectivity index (χ0n) is 12.4. The van der Waals surface area contributed by atoms with Gasteiger partial charge in [-0.15, -0.1) is 0 Å². The smallest absolute Gasteiger partial charge is 0.134 e. The molecule has 1 aromatic heterocycles. The molecular formula is C17H24N2O. The molecule has 0 spiro atoms. The van der Waals surface area contributed by atoms with Gasteiger partial charge in [-0.05, 0) is 38.3 Å². The summed E-state index contributed by atoms with van der Waals surface area (Å²) in [7, 11) is 0. The number of fused-ring (bicyclic) bond motifs is 1. The van der Waals surface area contributed by atoms with Crippen molar-refractivity contribution in [1.82, 2.24) is 4.90 Å². The number of nitrogens with two attached hydrogens (primary N) is 1. The van der Waals surface area contributed by atoms with E-state index < -0.39 is 0 Å². The van der Waals surface area contributed by atoms with Crippen molar-refractivity contribution in [3.05, 3.63) is 35.6 Å². The zero-order chi connectivity index (χ0) is 14.1. The quantitative estimate of drug-likeness (QED) is 0.932. The summed E-state index contributed by atoms with van der Waals surface area (Å²) in [5.74, 6) is 1.73. The molecule has 3 rings (SSSR count). The van der Waals surface area contributed by atoms with Crippen LogP contribution in [0, 0.1) is 12.8 Å². The van der Waals surface area contributed by atoms with E-state index in [0.717, 1.165) is 31.0 Å². The Morgan fingerprint density at radius 2 is 2.15 bits per heavy atom. The van der Waals surface area contributed by atoms with Gasteiger partial charge in [0.05, 0.1) is 0 Å². The highest BCUT2D eigenvalue weighted by atomic mass is 16.3. The molecule has 108 valence electrons. The van der Waals surface area contributed by atoms with Crippen LogP contribution in [0.4, 0.5) is 0 Å². The SMILES string of the molecule is Cc1oc2ccccc2c1CN1CCCC(C)C1CN. The number of hydrogen-bond acceptors (Lipinski definition) is 3. The molecule has 1 aromatic carbocycles. The molecule has 0 radical (unpaired) electrons. The van der Waals surface area contributed by atoms with Crippen LogP contribution in [-0.4, -0.2) is 24.0 Å². The minimum absolute atomic E-state index is 0.497. The number of hydrogen-bond donors (Lipinski definition) is 1. The van der Waals surface area contributed by atoms with Gasteiger partial charge in [-0.2, -0.15) is 0 Å². The van der Waals surface area contributed by atoms with Gasteiger partial charge >= 0.3 is 0 Å². The highest BCUT2D eigenvalue weighted by Gasteiger charge is 2.28. The molecule has 3 nitrogen and oxygen atoms in total. The fourth-order valence-corrected chi connectivity index (χ4v) is 3.53. The van der Waals surface area contributed by atoms with Gasteiger partial charge in [0, 0.05) is 30.1 Å². The fraction of sp³-hybridized carbons (Fsp3) is 0.529. The lowest BCUT2D eigenvalue weighted by Gasteiger charge is -2.39. The van der Waals surface area contributed by atoms with Crippen molar-refractivity contribution in [3.8, 4) is 0 Å². The van der Waals surface area contributed by atoms with Crippen molar-refractivity contribution in [2.24, 2.45) is 11.7 Å². The van der Waals surface area contributed by atoms with Gasteiger partial charge in [-0.25, -0.2) is 0 Å². The predicted octanol–water partition coefficient (Wildman–Crippen LogP) is 3.30. The van der Waals surface area contributed by atoms with Crippen LogP contribution in [0.25, 0.3) is 11.0 Å². The summed E-state index contributed by atoms with van der Waals surface area (Å²) in [5.41, 5.74) is 8.32. The average molecular weight is 272 g/mol. The molecule has 0 saturated carbocycles. The Hall–Kier alpha value is -1.32. The summed E-state index contributed by atoms with van der Waals surface area (Å²) in [6, 6.07) is 8.81. The van der Waals surface area contributed by atoms with Gasteiger partial charge < -0.3 is 10.2 Å². The van der Waals surface area contributed by atoms with Crippen molar-refractivity contribution in [1.29, 1.82) is 0 Å². The molecule has 2 atom stereocenters. The van der Waals surface area contributed by atoms with Gasteiger partial charge in [-0.3, -0.25) is 4.90 Å². The van der Waals surface area contributed by atoms with Gasteiger partial charge in [0.2, 0.25) is 0 Å². The average Bonchev–Trinajstić information content (AvgIpc) is 2.76. The standard InChI is InChI=1S/C17H24N2O/c1-12-6-5-9-19(16(12)10-18)11-15-13(2)20-17-8-4-3-7-14(15)17/h3-4,7-8,12,16H,5-6,9-11,18H2,1-2H3. The first kappa shape index (κ1) is 13.7. The lowest BCUT2D eigenvalue weighted by atomic mass is 9.90. The Labute approximate surface area is 120 Å². The highest BCUT2D eigenvalue weighted by molar-refractivity contribution is 5.82. The topological polar surface area (TPSA) is 42.4 Å². The maximum atomic E-state index is 6.00. The molecule has 1 fully saturated rings. The molecule has 1 aliphatic heterocycles. The molecule has 1 saturated heterocycles. The number of rotatable bonds is 3. The lowest BCUT2D eigenvalue weighted by Crippen LogP contribution is -2.48. The monoisotopic (exact) mass is 272 g/mol. The highest BCUT2D eigenvalue weighted by Crippen LogP contribution is 2.30. The molecule has 3 heteroatoms. The van der Waals surface area contributed by atoms with Crippen LogP contribution in [0.3, 0.4) is 0 Å². The molecule has 2 aromatic rings. The van der Waals surface area contributed by atoms with E-state index in [1.54, 1.807) is 0 Å². The molecule has 1 aliphatic rings. The van der Waals surface area contributed by atoms with Crippen molar-refractivity contribution in [2.75, 3.05) is 13.1 Å². The Morgan fingerprint density at radius 3 is 2.95 bits per heavy atom. The summed E-state index contributed by atoms with van der Waals surface area (Å²) >= 11 is 0. The number of likely N-dealkylation sites (tertiary alicyclic amines) is 1. The van der Waals surface area contributed by atoms with Crippen LogP contribution < -0.4 is 5.73 Å². The summed E-state index contributed by atoms with van der Waals surface area (Å²) in [4.78, 5) is 2.54. The van der Waals surface area contributed by atoms with Gasteiger partial charge in [0.1, 0.15) is 11.3 Å². The first-order chi connectivity index (χ1) is 9.70. The second-order valence-corrected chi connectivity index (χ2v) is 6.03. The van der Waals surface area contributed by atoms with E-state index in [4.69, 9.17) is 10.2 Å². The molecule has 2 unspecified atom stereocenters. The molecule has 2 N–H and O–H groups in total. The molecule has 0 aliphatic carbocycles. The van der Waals surface area contributed by atoms with Crippen molar-refractivity contribution >= 4 is 11.0 Å². The molecule has 20 heavy (non-hydrogen) atoms. The van der Waals surface area contributed by atoms with Gasteiger partial charge in [-0.1, -0.05) is 25.1 Å². The van der Waals surface area contributed by atoms with Crippen molar-refractivity contribution in [2.45, 2.75) is 39.3 Å². The van der Waals surface area contributed by atoms with Crippen LogP contribution in [0.15, 0.2) is 28.7 Å². The van der Waals surface area contributed by atoms with E-state index in [1.807, 2.05) is 12.1 Å². The van der Waals surface area contributed by atoms with Crippen LogP contribution in [0.5, 0.6) is 0 Å². The minimum Gasteiger partial charge on any atom is -0.461 e. The van der Waals surface area contributed by atoms with Crippen LogP contribution in [0.1, 0.15) is 31.1 Å². The number of para-hydroxylation sites is 1. The second-order valence-electron chi connectivity index (χ2n) is 6.03. The Kier molecular flexibility index (Phi) is 3.81.